The number of piperidine rings is 1. The van der Waals surface area contributed by atoms with Gasteiger partial charge in [-0.15, -0.1) is 0 Å². The van der Waals surface area contributed by atoms with Gasteiger partial charge in [0.2, 0.25) is 11.8 Å². The first-order chi connectivity index (χ1) is 12.0. The van der Waals surface area contributed by atoms with Crippen molar-refractivity contribution < 1.29 is 14.3 Å². The molecule has 6 heteroatoms. The maximum absolute atomic E-state index is 12.8. The minimum atomic E-state index is -0.341. The van der Waals surface area contributed by atoms with Crippen molar-refractivity contribution in [2.45, 2.75) is 69.9 Å². The largest absolute Gasteiger partial charge is 0.373 e. The molecule has 1 atom stereocenters. The highest BCUT2D eigenvalue weighted by Gasteiger charge is 2.42. The molecule has 1 saturated carbocycles. The van der Waals surface area contributed by atoms with E-state index in [4.69, 9.17) is 10.5 Å². The molecule has 0 aromatic carbocycles. The number of hydrogen-bond acceptors (Lipinski definition) is 4. The molecule has 6 nitrogen and oxygen atoms in total. The van der Waals surface area contributed by atoms with E-state index in [2.05, 4.69) is 4.90 Å². The summed E-state index contributed by atoms with van der Waals surface area (Å²) in [6, 6.07) is -0.248. The van der Waals surface area contributed by atoms with Crippen molar-refractivity contribution in [3.63, 3.8) is 0 Å². The van der Waals surface area contributed by atoms with Crippen molar-refractivity contribution in [1.29, 1.82) is 0 Å². The number of rotatable bonds is 4. The van der Waals surface area contributed by atoms with Crippen molar-refractivity contribution in [1.82, 2.24) is 9.80 Å². The Kier molecular flexibility index (Phi) is 6.00. The molecule has 3 fully saturated rings. The van der Waals surface area contributed by atoms with Crippen LogP contribution in [0.3, 0.4) is 0 Å². The van der Waals surface area contributed by atoms with Crippen molar-refractivity contribution in [3.8, 4) is 0 Å². The maximum atomic E-state index is 12.8. The fraction of sp³-hybridized carbons (Fsp3) is 0.895. The number of ether oxygens (including phenoxy) is 1. The van der Waals surface area contributed by atoms with Gasteiger partial charge in [0.1, 0.15) is 0 Å². The Morgan fingerprint density at radius 1 is 1.24 bits per heavy atom. The lowest BCUT2D eigenvalue weighted by Gasteiger charge is -2.42. The predicted octanol–water partition coefficient (Wildman–Crippen LogP) is 1.52. The van der Waals surface area contributed by atoms with Gasteiger partial charge < -0.3 is 15.4 Å². The van der Waals surface area contributed by atoms with E-state index < -0.39 is 0 Å². The first kappa shape index (κ1) is 18.6. The lowest BCUT2D eigenvalue weighted by atomic mass is 9.86. The zero-order chi connectivity index (χ0) is 17.9. The molecule has 25 heavy (non-hydrogen) atoms. The first-order valence-corrected chi connectivity index (χ1v) is 9.94. The smallest absolute Gasteiger partial charge is 0.234 e. The van der Waals surface area contributed by atoms with Crippen LogP contribution in [0.4, 0.5) is 0 Å². The monoisotopic (exact) mass is 351 g/mol. The van der Waals surface area contributed by atoms with E-state index in [-0.39, 0.29) is 23.5 Å². The average Bonchev–Trinajstić information content (AvgIpc) is 2.75. The number of carbonyl (C=O) groups excluding carboxylic acids is 2. The van der Waals surface area contributed by atoms with Crippen molar-refractivity contribution in [3.05, 3.63) is 0 Å². The molecule has 142 valence electrons. The number of carbonyl (C=O) groups is 2. The van der Waals surface area contributed by atoms with Crippen LogP contribution in [0, 0.1) is 5.92 Å². The molecule has 2 aliphatic heterocycles. The molecule has 0 aromatic rings. The molecule has 0 radical (unpaired) electrons. The fourth-order valence-corrected chi connectivity index (χ4v) is 4.63. The lowest BCUT2D eigenvalue weighted by Crippen LogP contribution is -2.52. The van der Waals surface area contributed by atoms with Gasteiger partial charge in [0.05, 0.1) is 24.7 Å². The van der Waals surface area contributed by atoms with Gasteiger partial charge in [-0.3, -0.25) is 14.5 Å². The third-order valence-electron chi connectivity index (χ3n) is 6.47. The van der Waals surface area contributed by atoms with Gasteiger partial charge in [0.25, 0.3) is 0 Å². The van der Waals surface area contributed by atoms with Crippen molar-refractivity contribution >= 4 is 11.8 Å². The van der Waals surface area contributed by atoms with Gasteiger partial charge in [0, 0.05) is 26.2 Å². The summed E-state index contributed by atoms with van der Waals surface area (Å²) in [6.07, 6.45) is 8.56. The van der Waals surface area contributed by atoms with Gasteiger partial charge in [-0.25, -0.2) is 0 Å². The highest BCUT2D eigenvalue weighted by Crippen LogP contribution is 2.34. The summed E-state index contributed by atoms with van der Waals surface area (Å²) in [6.45, 7) is 5.64. The Morgan fingerprint density at radius 2 is 1.92 bits per heavy atom. The Hall–Kier alpha value is -1.14. The van der Waals surface area contributed by atoms with E-state index in [0.717, 1.165) is 39.0 Å². The van der Waals surface area contributed by atoms with E-state index in [1.165, 1.54) is 32.1 Å². The van der Waals surface area contributed by atoms with Gasteiger partial charge in [-0.2, -0.15) is 0 Å². The molecule has 3 rings (SSSR count). The van der Waals surface area contributed by atoms with Crippen LogP contribution in [0.5, 0.6) is 0 Å². The fourth-order valence-electron chi connectivity index (χ4n) is 4.63. The summed E-state index contributed by atoms with van der Waals surface area (Å²) in [4.78, 5) is 28.4. The lowest BCUT2D eigenvalue weighted by molar-refractivity contribution is -0.138. The quantitative estimate of drug-likeness (QED) is 0.833. The number of amides is 2. The number of likely N-dealkylation sites (tertiary alicyclic amines) is 1. The molecular weight excluding hydrogens is 318 g/mol. The summed E-state index contributed by atoms with van der Waals surface area (Å²) in [5, 5.41) is 0. The van der Waals surface area contributed by atoms with Gasteiger partial charge in [0.15, 0.2) is 0 Å². The molecule has 1 spiro atoms. The SMILES string of the molecule is CC(C(N)=O)N1CCC2(CC1)CC(=O)N(CC1CCCCC1)CCO2. The molecule has 1 aliphatic carbocycles. The molecule has 1 unspecified atom stereocenters. The van der Waals surface area contributed by atoms with Crippen molar-refractivity contribution in [2.24, 2.45) is 11.7 Å². The van der Waals surface area contributed by atoms with Gasteiger partial charge in [-0.1, -0.05) is 19.3 Å². The summed E-state index contributed by atoms with van der Waals surface area (Å²) in [5.74, 6) is 0.636. The van der Waals surface area contributed by atoms with Crippen LogP contribution in [-0.4, -0.2) is 66.0 Å². The van der Waals surface area contributed by atoms with Crippen LogP contribution in [0.15, 0.2) is 0 Å². The summed E-state index contributed by atoms with van der Waals surface area (Å²) >= 11 is 0. The first-order valence-electron chi connectivity index (χ1n) is 9.94. The number of primary amides is 1. The highest BCUT2D eigenvalue weighted by atomic mass is 16.5. The van der Waals surface area contributed by atoms with E-state index in [9.17, 15) is 9.59 Å². The van der Waals surface area contributed by atoms with Crippen LogP contribution < -0.4 is 5.73 Å². The summed E-state index contributed by atoms with van der Waals surface area (Å²) in [7, 11) is 0. The van der Waals surface area contributed by atoms with E-state index >= 15 is 0 Å². The number of nitrogens with zero attached hydrogens (tertiary/aromatic N) is 2. The zero-order valence-corrected chi connectivity index (χ0v) is 15.5. The molecule has 0 aromatic heterocycles. The third kappa shape index (κ3) is 4.53. The standard InChI is InChI=1S/C19H33N3O3/c1-15(18(20)24)21-9-7-19(8-10-21)13-17(23)22(11-12-25-19)14-16-5-3-2-4-6-16/h15-16H,2-14H2,1H3,(H2,20,24). The molecule has 3 aliphatic rings. The topological polar surface area (TPSA) is 75.9 Å². The predicted molar refractivity (Wildman–Crippen MR) is 95.9 cm³/mol. The third-order valence-corrected chi connectivity index (χ3v) is 6.47. The second-order valence-corrected chi connectivity index (χ2v) is 8.17. The second kappa shape index (κ2) is 8.04. The maximum Gasteiger partial charge on any atom is 0.234 e. The Bertz CT molecular complexity index is 482. The van der Waals surface area contributed by atoms with E-state index in [0.29, 0.717) is 18.9 Å². The van der Waals surface area contributed by atoms with E-state index in [1.807, 2.05) is 11.8 Å². The molecule has 2 amide bonds. The molecular formula is C19H33N3O3. The Morgan fingerprint density at radius 3 is 2.56 bits per heavy atom. The van der Waals surface area contributed by atoms with Crippen LogP contribution in [0.2, 0.25) is 0 Å². The van der Waals surface area contributed by atoms with Crippen LogP contribution in [0.25, 0.3) is 0 Å². The molecule has 0 bridgehead atoms. The van der Waals surface area contributed by atoms with Gasteiger partial charge >= 0.3 is 0 Å². The molecule has 2 heterocycles. The van der Waals surface area contributed by atoms with Crippen LogP contribution in [-0.2, 0) is 14.3 Å². The zero-order valence-electron chi connectivity index (χ0n) is 15.5. The Labute approximate surface area is 151 Å². The number of hydrogen-bond donors (Lipinski definition) is 1. The normalized spacial score (nSPS) is 27.2. The summed E-state index contributed by atoms with van der Waals surface area (Å²) in [5.41, 5.74) is 5.08. The van der Waals surface area contributed by atoms with Crippen molar-refractivity contribution in [2.75, 3.05) is 32.8 Å². The number of nitrogens with two attached hydrogens (primary N) is 1. The van der Waals surface area contributed by atoms with Gasteiger partial charge in [-0.05, 0) is 38.5 Å². The summed E-state index contributed by atoms with van der Waals surface area (Å²) < 4.78 is 6.20. The van der Waals surface area contributed by atoms with Crippen LogP contribution in [0.1, 0.15) is 58.3 Å². The minimum absolute atomic E-state index is 0.248. The minimum Gasteiger partial charge on any atom is -0.373 e. The Balaban J connectivity index is 1.55. The average molecular weight is 351 g/mol. The molecule has 2 N–H and O–H groups in total. The highest BCUT2D eigenvalue weighted by molar-refractivity contribution is 5.79. The second-order valence-electron chi connectivity index (χ2n) is 8.17. The van der Waals surface area contributed by atoms with Crippen LogP contribution >= 0.6 is 0 Å². The molecule has 2 saturated heterocycles. The van der Waals surface area contributed by atoms with E-state index in [1.54, 1.807) is 0 Å².